The van der Waals surface area contributed by atoms with E-state index in [0.29, 0.717) is 33.9 Å². The van der Waals surface area contributed by atoms with E-state index in [9.17, 15) is 19.1 Å². The van der Waals surface area contributed by atoms with Gasteiger partial charge in [0.25, 0.3) is 0 Å². The molecule has 1 aliphatic heterocycles. The van der Waals surface area contributed by atoms with Gasteiger partial charge in [0, 0.05) is 34.7 Å². The Labute approximate surface area is 246 Å². The number of carbonyl (C=O) groups is 2. The van der Waals surface area contributed by atoms with Crippen LogP contribution in [0.15, 0.2) is 60.1 Å². The summed E-state index contributed by atoms with van der Waals surface area (Å²) in [4.78, 5) is 34.9. The Hall–Kier alpha value is -4.15. The molecule has 2 atom stereocenters. The molecule has 1 amide bonds. The molecule has 0 saturated heterocycles. The van der Waals surface area contributed by atoms with Gasteiger partial charge in [0.2, 0.25) is 5.91 Å². The Kier molecular flexibility index (Phi) is 7.06. The number of amides is 1. The van der Waals surface area contributed by atoms with Crippen molar-refractivity contribution in [3.8, 4) is 33.3 Å². The molecule has 8 nitrogen and oxygen atoms in total. The number of aromatic nitrogens is 2. The average molecular weight is 588 g/mol. The topological polar surface area (TPSA) is 125 Å². The molecule has 10 heteroatoms. The number of pyridine rings is 1. The van der Waals surface area contributed by atoms with Crippen molar-refractivity contribution < 1.29 is 28.6 Å². The molecule has 216 valence electrons. The van der Waals surface area contributed by atoms with Gasteiger partial charge < -0.3 is 20.3 Å². The van der Waals surface area contributed by atoms with Crippen molar-refractivity contribution in [2.24, 2.45) is 5.73 Å². The lowest BCUT2D eigenvalue weighted by Gasteiger charge is -2.26. The highest BCUT2D eigenvalue weighted by molar-refractivity contribution is 7.13. The third-order valence-electron chi connectivity index (χ3n) is 7.91. The molecule has 1 aliphatic carbocycles. The van der Waals surface area contributed by atoms with E-state index in [1.165, 1.54) is 23.5 Å². The normalized spacial score (nSPS) is 19.0. The number of primary amides is 1. The minimum Gasteiger partial charge on any atom is -0.490 e. The van der Waals surface area contributed by atoms with Crippen LogP contribution in [0.3, 0.4) is 0 Å². The molecule has 0 unspecified atom stereocenters. The number of carbonyl (C=O) groups excluding carboxylic acids is 2. The second-order valence-electron chi connectivity index (χ2n) is 11.3. The van der Waals surface area contributed by atoms with Crippen molar-refractivity contribution in [1.82, 2.24) is 9.97 Å². The number of ketones is 1. The Bertz CT molecular complexity index is 1670. The lowest BCUT2D eigenvalue weighted by molar-refractivity contribution is -0.123. The first-order valence-electron chi connectivity index (χ1n) is 13.8. The first-order valence-corrected chi connectivity index (χ1v) is 14.6. The first kappa shape index (κ1) is 28.0. The first-order chi connectivity index (χ1) is 20.0. The van der Waals surface area contributed by atoms with Crippen molar-refractivity contribution in [2.75, 3.05) is 6.61 Å². The molecular formula is C32H30FN3O5S. The second kappa shape index (κ2) is 10.6. The van der Waals surface area contributed by atoms with E-state index in [1.54, 1.807) is 50.4 Å². The lowest BCUT2D eigenvalue weighted by Crippen LogP contribution is -2.40. The van der Waals surface area contributed by atoms with Crippen molar-refractivity contribution in [2.45, 2.75) is 56.7 Å². The van der Waals surface area contributed by atoms with Gasteiger partial charge in [0.15, 0.2) is 5.78 Å². The summed E-state index contributed by atoms with van der Waals surface area (Å²) in [5.74, 6) is -0.164. The quantitative estimate of drug-likeness (QED) is 0.233. The molecule has 2 aliphatic rings. The monoisotopic (exact) mass is 587 g/mol. The summed E-state index contributed by atoms with van der Waals surface area (Å²) in [6.45, 7) is 3.27. The fourth-order valence-electron chi connectivity index (χ4n) is 4.99. The third kappa shape index (κ3) is 5.28. The van der Waals surface area contributed by atoms with Crippen LogP contribution in [0.4, 0.5) is 4.39 Å². The zero-order chi connectivity index (χ0) is 29.6. The Morgan fingerprint density at radius 1 is 1.21 bits per heavy atom. The van der Waals surface area contributed by atoms with Crippen molar-refractivity contribution in [3.63, 3.8) is 0 Å². The number of aliphatic hydroxyl groups is 1. The van der Waals surface area contributed by atoms with Crippen LogP contribution in [0, 0.1) is 5.82 Å². The number of nitrogens with two attached hydrogens (primary N) is 1. The predicted octanol–water partition coefficient (Wildman–Crippen LogP) is 5.56. The zero-order valence-corrected chi connectivity index (χ0v) is 24.0. The molecule has 2 aromatic carbocycles. The SMILES string of the molecule is C[C@](O)(CCC(=O)c1ccc(-c2nccs2)c(OC2CC2)c1)c1cc2c(c(-c3ccc(F)cc3)n1)OC[C@]2(C)C(N)=O. The molecule has 0 bridgehead atoms. The summed E-state index contributed by atoms with van der Waals surface area (Å²) >= 11 is 1.50. The number of hydrogen-bond donors (Lipinski definition) is 2. The average Bonchev–Trinajstić information content (AvgIpc) is 3.48. The van der Waals surface area contributed by atoms with E-state index in [-0.39, 0.29) is 37.0 Å². The fraction of sp³-hybridized carbons (Fsp3) is 0.312. The van der Waals surface area contributed by atoms with Crippen LogP contribution in [-0.2, 0) is 15.8 Å². The molecule has 1 saturated carbocycles. The van der Waals surface area contributed by atoms with E-state index in [4.69, 9.17) is 20.2 Å². The summed E-state index contributed by atoms with van der Waals surface area (Å²) < 4.78 is 25.7. The summed E-state index contributed by atoms with van der Waals surface area (Å²) in [6, 6.07) is 12.7. The fourth-order valence-corrected chi connectivity index (χ4v) is 5.66. The van der Waals surface area contributed by atoms with E-state index in [0.717, 1.165) is 23.4 Å². The molecule has 2 aromatic heterocycles. The minimum atomic E-state index is -1.55. The third-order valence-corrected chi connectivity index (χ3v) is 8.72. The van der Waals surface area contributed by atoms with Gasteiger partial charge in [-0.25, -0.2) is 14.4 Å². The number of Topliss-reactive ketones (excluding diaryl/α,β-unsaturated/α-hetero) is 1. The van der Waals surface area contributed by atoms with Gasteiger partial charge in [-0.05, 0) is 75.6 Å². The van der Waals surface area contributed by atoms with Gasteiger partial charge in [-0.15, -0.1) is 11.3 Å². The molecule has 4 aromatic rings. The van der Waals surface area contributed by atoms with Crippen LogP contribution in [-0.4, -0.2) is 39.5 Å². The van der Waals surface area contributed by atoms with Crippen LogP contribution < -0.4 is 15.2 Å². The van der Waals surface area contributed by atoms with Crippen molar-refractivity contribution >= 4 is 23.0 Å². The highest BCUT2D eigenvalue weighted by Gasteiger charge is 2.45. The highest BCUT2D eigenvalue weighted by Crippen LogP contribution is 2.46. The number of nitrogens with zero attached hydrogens (tertiary/aromatic N) is 2. The maximum absolute atomic E-state index is 13.7. The molecule has 3 N–H and O–H groups in total. The number of fused-ring (bicyclic) bond motifs is 1. The molecule has 3 heterocycles. The van der Waals surface area contributed by atoms with Crippen LogP contribution >= 0.6 is 11.3 Å². The molecule has 0 radical (unpaired) electrons. The van der Waals surface area contributed by atoms with Crippen molar-refractivity contribution in [1.29, 1.82) is 0 Å². The number of ether oxygens (including phenoxy) is 2. The Morgan fingerprint density at radius 3 is 2.64 bits per heavy atom. The number of thiazole rings is 1. The van der Waals surface area contributed by atoms with Crippen LogP contribution in [0.2, 0.25) is 0 Å². The van der Waals surface area contributed by atoms with Gasteiger partial charge in [0.1, 0.15) is 45.6 Å². The number of benzene rings is 2. The molecule has 42 heavy (non-hydrogen) atoms. The Morgan fingerprint density at radius 2 is 1.98 bits per heavy atom. The van der Waals surface area contributed by atoms with Gasteiger partial charge in [0.05, 0.1) is 17.4 Å². The van der Waals surface area contributed by atoms with E-state index in [1.807, 2.05) is 11.4 Å². The van der Waals surface area contributed by atoms with Gasteiger partial charge in [-0.1, -0.05) is 6.07 Å². The Balaban J connectivity index is 1.29. The maximum Gasteiger partial charge on any atom is 0.231 e. The number of halogens is 1. The molecular weight excluding hydrogens is 557 g/mol. The van der Waals surface area contributed by atoms with Crippen LogP contribution in [0.5, 0.6) is 11.5 Å². The van der Waals surface area contributed by atoms with Gasteiger partial charge in [-0.3, -0.25) is 9.59 Å². The standard InChI is InChI=1S/C32H30FN3O5S/c1-31(30(34)38)17-40-28-23(31)16-26(36-27(28)18-3-6-20(33)7-4-18)32(2,39)12-11-24(37)19-5-10-22(29-35-13-14-42-29)25(15-19)41-21-8-9-21/h3-7,10,13-16,21,39H,8-9,11-12,17H2,1-2H3,(H2,34,38)/t31-,32-/m0/s1. The predicted molar refractivity (Wildman–Crippen MR) is 156 cm³/mol. The largest absolute Gasteiger partial charge is 0.490 e. The summed E-state index contributed by atoms with van der Waals surface area (Å²) in [5.41, 5.74) is 6.04. The van der Waals surface area contributed by atoms with Gasteiger partial charge >= 0.3 is 0 Å². The summed E-state index contributed by atoms with van der Waals surface area (Å²) in [7, 11) is 0. The molecule has 6 rings (SSSR count). The number of hydrogen-bond acceptors (Lipinski definition) is 8. The van der Waals surface area contributed by atoms with Crippen molar-refractivity contribution in [3.05, 3.63) is 82.7 Å². The van der Waals surface area contributed by atoms with E-state index >= 15 is 0 Å². The summed E-state index contributed by atoms with van der Waals surface area (Å²) in [5, 5.41) is 14.3. The van der Waals surface area contributed by atoms with Gasteiger partial charge in [-0.2, -0.15) is 0 Å². The smallest absolute Gasteiger partial charge is 0.231 e. The lowest BCUT2D eigenvalue weighted by atomic mass is 9.81. The summed E-state index contributed by atoms with van der Waals surface area (Å²) in [6.07, 6.45) is 3.92. The molecule has 1 fully saturated rings. The zero-order valence-electron chi connectivity index (χ0n) is 23.2. The second-order valence-corrected chi connectivity index (χ2v) is 12.2. The van der Waals surface area contributed by atoms with Crippen LogP contribution in [0.1, 0.15) is 61.1 Å². The number of rotatable bonds is 10. The minimum absolute atomic E-state index is 0.0138. The van der Waals surface area contributed by atoms with E-state index in [2.05, 4.69) is 4.98 Å². The molecule has 0 spiro atoms. The van der Waals surface area contributed by atoms with Crippen LogP contribution in [0.25, 0.3) is 21.8 Å². The maximum atomic E-state index is 13.7. The highest BCUT2D eigenvalue weighted by atomic mass is 32.1. The van der Waals surface area contributed by atoms with E-state index < -0.39 is 22.7 Å².